The van der Waals surface area contributed by atoms with Crippen LogP contribution in [0.2, 0.25) is 0 Å². The molecule has 0 aliphatic carbocycles. The van der Waals surface area contributed by atoms with Crippen molar-refractivity contribution in [2.45, 2.75) is 26.0 Å². The van der Waals surface area contributed by atoms with E-state index in [0.29, 0.717) is 24.5 Å². The molecule has 0 atom stereocenters. The topological polar surface area (TPSA) is 84.7 Å². The van der Waals surface area contributed by atoms with Crippen LogP contribution in [0.5, 0.6) is 5.75 Å². The van der Waals surface area contributed by atoms with Crippen LogP contribution < -0.4 is 15.0 Å². The molecule has 148 valence electrons. The number of rotatable bonds is 7. The molecule has 1 saturated heterocycles. The third kappa shape index (κ3) is 4.63. The number of carbonyl (C=O) groups excluding carboxylic acids is 2. The molecule has 1 fully saturated rings. The van der Waals surface area contributed by atoms with Crippen LogP contribution in [0.3, 0.4) is 0 Å². The summed E-state index contributed by atoms with van der Waals surface area (Å²) in [6, 6.07) is 18.5. The fourth-order valence-electron chi connectivity index (χ4n) is 3.15. The van der Waals surface area contributed by atoms with Gasteiger partial charge in [-0.1, -0.05) is 35.5 Å². The molecular weight excluding hydrogens is 370 g/mol. The quantitative estimate of drug-likeness (QED) is 0.668. The minimum Gasteiger partial charge on any atom is -0.486 e. The number of nitrogens with one attached hydrogen (secondary N) is 1. The summed E-state index contributed by atoms with van der Waals surface area (Å²) < 4.78 is 10.8. The number of hydrogen-bond donors (Lipinski definition) is 1. The first-order chi connectivity index (χ1) is 14.2. The van der Waals surface area contributed by atoms with Gasteiger partial charge >= 0.3 is 0 Å². The van der Waals surface area contributed by atoms with E-state index in [1.165, 1.54) is 0 Å². The van der Waals surface area contributed by atoms with Crippen molar-refractivity contribution in [3.63, 3.8) is 0 Å². The van der Waals surface area contributed by atoms with E-state index in [2.05, 4.69) is 10.5 Å². The Kier molecular flexibility index (Phi) is 5.56. The molecule has 4 rings (SSSR count). The van der Waals surface area contributed by atoms with Crippen LogP contribution in [0, 0.1) is 0 Å². The fourth-order valence-corrected chi connectivity index (χ4v) is 3.15. The van der Waals surface area contributed by atoms with E-state index in [9.17, 15) is 9.59 Å². The van der Waals surface area contributed by atoms with Gasteiger partial charge in [-0.3, -0.25) is 9.59 Å². The van der Waals surface area contributed by atoms with E-state index >= 15 is 0 Å². The van der Waals surface area contributed by atoms with Crippen molar-refractivity contribution < 1.29 is 18.8 Å². The van der Waals surface area contributed by atoms with Crippen LogP contribution in [0.4, 0.5) is 5.69 Å². The van der Waals surface area contributed by atoms with Gasteiger partial charge in [0, 0.05) is 31.3 Å². The van der Waals surface area contributed by atoms with Gasteiger partial charge in [-0.25, -0.2) is 0 Å². The van der Waals surface area contributed by atoms with Crippen molar-refractivity contribution in [2.75, 3.05) is 11.4 Å². The van der Waals surface area contributed by atoms with Crippen molar-refractivity contribution in [1.82, 2.24) is 10.5 Å². The SMILES string of the molecule is O=C(NCc1ccc(N2CCCC2=O)cc1)c1cc(COc2ccccc2)on1. The summed E-state index contributed by atoms with van der Waals surface area (Å²) in [4.78, 5) is 25.9. The van der Waals surface area contributed by atoms with Gasteiger partial charge in [0.15, 0.2) is 11.5 Å². The summed E-state index contributed by atoms with van der Waals surface area (Å²) in [5, 5.41) is 6.62. The highest BCUT2D eigenvalue weighted by Gasteiger charge is 2.21. The lowest BCUT2D eigenvalue weighted by molar-refractivity contribution is -0.117. The Balaban J connectivity index is 1.28. The predicted octanol–water partition coefficient (Wildman–Crippen LogP) is 3.31. The number of ether oxygens (including phenoxy) is 1. The average Bonchev–Trinajstić information content (AvgIpc) is 3.41. The second-order valence-electron chi connectivity index (χ2n) is 6.78. The summed E-state index contributed by atoms with van der Waals surface area (Å²) in [6.45, 7) is 1.31. The molecule has 1 aliphatic heterocycles. The maximum absolute atomic E-state index is 12.3. The van der Waals surface area contributed by atoms with Gasteiger partial charge in [0.05, 0.1) is 0 Å². The summed E-state index contributed by atoms with van der Waals surface area (Å²) in [5.41, 5.74) is 2.03. The number of nitrogens with zero attached hydrogens (tertiary/aromatic N) is 2. The molecule has 0 spiro atoms. The van der Waals surface area contributed by atoms with Crippen molar-refractivity contribution in [3.05, 3.63) is 77.7 Å². The molecule has 2 heterocycles. The Morgan fingerprint density at radius 3 is 2.66 bits per heavy atom. The van der Waals surface area contributed by atoms with Crippen molar-refractivity contribution in [1.29, 1.82) is 0 Å². The Hall–Kier alpha value is -3.61. The zero-order valence-electron chi connectivity index (χ0n) is 15.8. The highest BCUT2D eigenvalue weighted by Crippen LogP contribution is 2.21. The highest BCUT2D eigenvalue weighted by atomic mass is 16.5. The Morgan fingerprint density at radius 1 is 1.14 bits per heavy atom. The van der Waals surface area contributed by atoms with Crippen LogP contribution in [0.1, 0.15) is 34.7 Å². The largest absolute Gasteiger partial charge is 0.486 e. The maximum Gasteiger partial charge on any atom is 0.273 e. The highest BCUT2D eigenvalue weighted by molar-refractivity contribution is 5.95. The van der Waals surface area contributed by atoms with E-state index in [-0.39, 0.29) is 24.1 Å². The molecule has 0 radical (unpaired) electrons. The first kappa shape index (κ1) is 18.7. The summed E-state index contributed by atoms with van der Waals surface area (Å²) in [7, 11) is 0. The smallest absolute Gasteiger partial charge is 0.273 e. The molecule has 3 aromatic rings. The van der Waals surface area contributed by atoms with Crippen molar-refractivity contribution in [3.8, 4) is 5.75 Å². The van der Waals surface area contributed by atoms with Crippen LogP contribution in [-0.2, 0) is 17.9 Å². The van der Waals surface area contributed by atoms with E-state index < -0.39 is 0 Å². The molecule has 1 N–H and O–H groups in total. The van der Waals surface area contributed by atoms with E-state index in [0.717, 1.165) is 24.2 Å². The first-order valence-electron chi connectivity index (χ1n) is 9.50. The molecule has 1 aromatic heterocycles. The van der Waals surface area contributed by atoms with Gasteiger partial charge in [-0.2, -0.15) is 0 Å². The molecule has 2 aromatic carbocycles. The molecule has 1 aliphatic rings. The molecule has 7 heteroatoms. The van der Waals surface area contributed by atoms with Gasteiger partial charge in [0.25, 0.3) is 5.91 Å². The van der Waals surface area contributed by atoms with Gasteiger partial charge < -0.3 is 19.5 Å². The molecule has 0 saturated carbocycles. The van der Waals surface area contributed by atoms with Crippen LogP contribution >= 0.6 is 0 Å². The monoisotopic (exact) mass is 391 g/mol. The molecule has 0 bridgehead atoms. The standard InChI is InChI=1S/C22H21N3O4/c26-21-7-4-12-25(21)17-10-8-16(9-11-17)14-23-22(27)20-13-19(29-24-20)15-28-18-5-2-1-3-6-18/h1-3,5-6,8-11,13H,4,7,12,14-15H2,(H,23,27). The third-order valence-corrected chi connectivity index (χ3v) is 4.69. The molecular formula is C22H21N3O4. The number of anilines is 1. The van der Waals surface area contributed by atoms with Gasteiger partial charge in [-0.05, 0) is 36.2 Å². The van der Waals surface area contributed by atoms with Gasteiger partial charge in [0.1, 0.15) is 12.4 Å². The maximum atomic E-state index is 12.3. The first-order valence-corrected chi connectivity index (χ1v) is 9.50. The lowest BCUT2D eigenvalue weighted by Gasteiger charge is -2.16. The average molecular weight is 391 g/mol. The minimum atomic E-state index is -0.321. The van der Waals surface area contributed by atoms with Crippen LogP contribution in [0.25, 0.3) is 0 Å². The van der Waals surface area contributed by atoms with Gasteiger partial charge in [-0.15, -0.1) is 0 Å². The summed E-state index contributed by atoms with van der Waals surface area (Å²) in [6.07, 6.45) is 1.50. The lowest BCUT2D eigenvalue weighted by Crippen LogP contribution is -2.24. The Bertz CT molecular complexity index is 983. The van der Waals surface area contributed by atoms with E-state index in [1.54, 1.807) is 11.0 Å². The fraction of sp³-hybridized carbons (Fsp3) is 0.227. The Labute approximate surface area is 168 Å². The van der Waals surface area contributed by atoms with Crippen molar-refractivity contribution >= 4 is 17.5 Å². The zero-order chi connectivity index (χ0) is 20.1. The number of carbonyl (C=O) groups is 2. The molecule has 2 amide bonds. The van der Waals surface area contributed by atoms with Gasteiger partial charge in [0.2, 0.25) is 5.91 Å². The third-order valence-electron chi connectivity index (χ3n) is 4.69. The summed E-state index contributed by atoms with van der Waals surface area (Å²) >= 11 is 0. The molecule has 29 heavy (non-hydrogen) atoms. The van der Waals surface area contributed by atoms with Crippen molar-refractivity contribution in [2.24, 2.45) is 0 Å². The Morgan fingerprint density at radius 2 is 1.93 bits per heavy atom. The van der Waals surface area contributed by atoms with Crippen LogP contribution in [-0.4, -0.2) is 23.5 Å². The predicted molar refractivity (Wildman–Crippen MR) is 106 cm³/mol. The van der Waals surface area contributed by atoms with E-state index in [1.807, 2.05) is 54.6 Å². The number of benzene rings is 2. The number of aromatic nitrogens is 1. The second kappa shape index (κ2) is 8.60. The zero-order valence-corrected chi connectivity index (χ0v) is 15.8. The number of amides is 2. The minimum absolute atomic E-state index is 0.157. The summed E-state index contributed by atoms with van der Waals surface area (Å²) in [5.74, 6) is 1.02. The normalized spacial score (nSPS) is 13.5. The van der Waals surface area contributed by atoms with Crippen LogP contribution in [0.15, 0.2) is 65.2 Å². The number of hydrogen-bond acceptors (Lipinski definition) is 5. The number of para-hydroxylation sites is 1. The molecule has 7 nitrogen and oxygen atoms in total. The lowest BCUT2D eigenvalue weighted by atomic mass is 10.2. The van der Waals surface area contributed by atoms with E-state index in [4.69, 9.17) is 9.26 Å². The second-order valence-corrected chi connectivity index (χ2v) is 6.78. The molecule has 0 unspecified atom stereocenters.